The molecule has 0 amide bonds. The fourth-order valence-corrected chi connectivity index (χ4v) is 3.40. The Morgan fingerprint density at radius 1 is 1.00 bits per heavy atom. The molecule has 0 aliphatic heterocycles. The third kappa shape index (κ3) is 3.80. The van der Waals surface area contributed by atoms with Gasteiger partial charge in [0.25, 0.3) is 10.0 Å². The molecule has 1 N–H and O–H groups in total. The number of benzene rings is 2. The molecule has 6 nitrogen and oxygen atoms in total. The second kappa shape index (κ2) is 7.09. The fourth-order valence-electron chi connectivity index (χ4n) is 2.32. The van der Waals surface area contributed by atoms with Crippen LogP contribution in [0.5, 0.6) is 0 Å². The summed E-state index contributed by atoms with van der Waals surface area (Å²) in [5, 5.41) is 7.97. The van der Waals surface area contributed by atoms with Gasteiger partial charge >= 0.3 is 0 Å². The molecule has 3 rings (SSSR count). The molecule has 2 aromatic carbocycles. The zero-order valence-electron chi connectivity index (χ0n) is 14.2. The summed E-state index contributed by atoms with van der Waals surface area (Å²) in [6, 6.07) is 16.4. The highest BCUT2D eigenvalue weighted by atomic mass is 32.2. The molecule has 1 aromatic heterocycles. The Bertz CT molecular complexity index is 1010. The van der Waals surface area contributed by atoms with Gasteiger partial charge < -0.3 is 4.90 Å². The third-order valence-corrected chi connectivity index (χ3v) is 5.17. The molecule has 0 bridgehead atoms. The number of hydrogen-bond acceptors (Lipinski definition) is 5. The molecule has 26 heavy (non-hydrogen) atoms. The van der Waals surface area contributed by atoms with Crippen LogP contribution in [0.1, 0.15) is 5.56 Å². The minimum absolute atomic E-state index is 0.0383. The average Bonchev–Trinajstić information content (AvgIpc) is 2.64. The first-order valence-corrected chi connectivity index (χ1v) is 9.26. The van der Waals surface area contributed by atoms with Crippen molar-refractivity contribution < 1.29 is 12.8 Å². The molecule has 0 unspecified atom stereocenters. The second-order valence-corrected chi connectivity index (χ2v) is 7.37. The monoisotopic (exact) mass is 372 g/mol. The Hall–Kier alpha value is -3.00. The number of sulfonamides is 1. The van der Waals surface area contributed by atoms with Crippen molar-refractivity contribution in [1.82, 2.24) is 10.2 Å². The smallest absolute Gasteiger partial charge is 0.263 e. The van der Waals surface area contributed by atoms with E-state index in [0.29, 0.717) is 5.82 Å². The van der Waals surface area contributed by atoms with Crippen LogP contribution in [0.3, 0.4) is 0 Å². The van der Waals surface area contributed by atoms with Gasteiger partial charge in [0.2, 0.25) is 0 Å². The summed E-state index contributed by atoms with van der Waals surface area (Å²) < 4.78 is 40.5. The van der Waals surface area contributed by atoms with Gasteiger partial charge in [0.05, 0.1) is 4.90 Å². The summed E-state index contributed by atoms with van der Waals surface area (Å²) in [6.45, 7) is 1.50. The molecule has 0 saturated heterocycles. The molecule has 134 valence electrons. The molecule has 0 fully saturated rings. The summed E-state index contributed by atoms with van der Waals surface area (Å²) in [6.07, 6.45) is 0. The predicted molar refractivity (Wildman–Crippen MR) is 98.5 cm³/mol. The zero-order chi connectivity index (χ0) is 18.7. The first-order valence-electron chi connectivity index (χ1n) is 7.78. The highest BCUT2D eigenvalue weighted by molar-refractivity contribution is 7.92. The molecule has 8 heteroatoms. The van der Waals surface area contributed by atoms with Crippen molar-refractivity contribution >= 4 is 27.3 Å². The van der Waals surface area contributed by atoms with E-state index >= 15 is 0 Å². The lowest BCUT2D eigenvalue weighted by Crippen LogP contribution is -2.16. The van der Waals surface area contributed by atoms with E-state index in [0.717, 1.165) is 11.8 Å². The predicted octanol–water partition coefficient (Wildman–Crippen LogP) is 3.49. The van der Waals surface area contributed by atoms with Crippen LogP contribution in [0.4, 0.5) is 21.7 Å². The van der Waals surface area contributed by atoms with Crippen molar-refractivity contribution in [3.63, 3.8) is 0 Å². The van der Waals surface area contributed by atoms with Gasteiger partial charge in [0.1, 0.15) is 5.82 Å². The van der Waals surface area contributed by atoms with Gasteiger partial charge in [-0.15, -0.1) is 10.2 Å². The van der Waals surface area contributed by atoms with Crippen LogP contribution < -0.4 is 9.62 Å². The molecule has 3 aromatic rings. The quantitative estimate of drug-likeness (QED) is 0.742. The van der Waals surface area contributed by atoms with E-state index in [4.69, 9.17) is 0 Å². The van der Waals surface area contributed by atoms with Gasteiger partial charge in [-0.2, -0.15) is 0 Å². The lowest BCUT2D eigenvalue weighted by molar-refractivity contribution is 0.598. The van der Waals surface area contributed by atoms with E-state index in [9.17, 15) is 12.8 Å². The van der Waals surface area contributed by atoms with Crippen molar-refractivity contribution in [2.75, 3.05) is 16.7 Å². The molecule has 0 aliphatic carbocycles. The lowest BCUT2D eigenvalue weighted by Gasteiger charge is -2.17. The van der Waals surface area contributed by atoms with Crippen LogP contribution in [0.15, 0.2) is 65.6 Å². The second-order valence-electron chi connectivity index (χ2n) is 5.69. The van der Waals surface area contributed by atoms with Crippen LogP contribution >= 0.6 is 0 Å². The first-order chi connectivity index (χ1) is 12.4. The van der Waals surface area contributed by atoms with Gasteiger partial charge in [-0.1, -0.05) is 18.2 Å². The average molecular weight is 372 g/mol. The van der Waals surface area contributed by atoms with Gasteiger partial charge in [0.15, 0.2) is 11.6 Å². The highest BCUT2D eigenvalue weighted by Gasteiger charge is 2.17. The molecular weight excluding hydrogens is 355 g/mol. The normalized spacial score (nSPS) is 11.2. The standard InChI is InChI=1S/C18H17FN4O2S/c1-13-12-15(8-9-16(13)19)26(24,25)22-17-10-11-18(21-20-17)23(2)14-6-4-3-5-7-14/h3-12H,1-2H3,(H,20,22). The van der Waals surface area contributed by atoms with E-state index in [1.807, 2.05) is 42.3 Å². The zero-order valence-corrected chi connectivity index (χ0v) is 15.0. The molecule has 0 aliphatic rings. The maximum absolute atomic E-state index is 13.3. The number of halogens is 1. The van der Waals surface area contributed by atoms with Crippen LogP contribution in [0.25, 0.3) is 0 Å². The molecule has 0 spiro atoms. The molecule has 0 atom stereocenters. The number of anilines is 3. The summed E-state index contributed by atoms with van der Waals surface area (Å²) >= 11 is 0. The summed E-state index contributed by atoms with van der Waals surface area (Å²) in [5.74, 6) is 0.186. The van der Waals surface area contributed by atoms with Crippen LogP contribution in [-0.2, 0) is 10.0 Å². The number of hydrogen-bond donors (Lipinski definition) is 1. The number of nitrogens with one attached hydrogen (secondary N) is 1. The van der Waals surface area contributed by atoms with E-state index < -0.39 is 15.8 Å². The maximum Gasteiger partial charge on any atom is 0.263 e. The molecule has 0 saturated carbocycles. The Morgan fingerprint density at radius 3 is 2.35 bits per heavy atom. The third-order valence-electron chi connectivity index (χ3n) is 3.82. The van der Waals surface area contributed by atoms with Gasteiger partial charge in [0, 0.05) is 12.7 Å². The van der Waals surface area contributed by atoms with Crippen LogP contribution in [-0.4, -0.2) is 25.7 Å². The molecular formula is C18H17FN4O2S. The van der Waals surface area contributed by atoms with Crippen molar-refractivity contribution in [2.45, 2.75) is 11.8 Å². The Balaban J connectivity index is 1.79. The van der Waals surface area contributed by atoms with Crippen LogP contribution in [0, 0.1) is 12.7 Å². The van der Waals surface area contributed by atoms with E-state index in [1.165, 1.54) is 25.1 Å². The van der Waals surface area contributed by atoms with Crippen molar-refractivity contribution in [1.29, 1.82) is 0 Å². The molecule has 0 radical (unpaired) electrons. The minimum Gasteiger partial charge on any atom is -0.328 e. The number of nitrogens with zero attached hydrogens (tertiary/aromatic N) is 3. The van der Waals surface area contributed by atoms with Crippen molar-refractivity contribution in [3.05, 3.63) is 72.0 Å². The first kappa shape index (κ1) is 17.8. The molecule has 1 heterocycles. The van der Waals surface area contributed by atoms with Crippen LogP contribution in [0.2, 0.25) is 0 Å². The number of aryl methyl sites for hydroxylation is 1. The highest BCUT2D eigenvalue weighted by Crippen LogP contribution is 2.22. The largest absolute Gasteiger partial charge is 0.328 e. The number of aromatic nitrogens is 2. The van der Waals surface area contributed by atoms with E-state index in [1.54, 1.807) is 6.07 Å². The van der Waals surface area contributed by atoms with Gasteiger partial charge in [-0.3, -0.25) is 4.72 Å². The minimum atomic E-state index is -3.87. The Morgan fingerprint density at radius 2 is 1.73 bits per heavy atom. The summed E-state index contributed by atoms with van der Waals surface area (Å²) in [5.41, 5.74) is 1.18. The Labute approximate surface area is 151 Å². The van der Waals surface area contributed by atoms with Gasteiger partial charge in [-0.05, 0) is 55.0 Å². The summed E-state index contributed by atoms with van der Waals surface area (Å²) in [7, 11) is -2.03. The van der Waals surface area contributed by atoms with E-state index in [-0.39, 0.29) is 16.3 Å². The Kier molecular flexibility index (Phi) is 4.85. The topological polar surface area (TPSA) is 75.2 Å². The van der Waals surface area contributed by atoms with E-state index in [2.05, 4.69) is 14.9 Å². The fraction of sp³-hybridized carbons (Fsp3) is 0.111. The number of para-hydroxylation sites is 1. The number of rotatable bonds is 5. The van der Waals surface area contributed by atoms with Crippen molar-refractivity contribution in [3.8, 4) is 0 Å². The van der Waals surface area contributed by atoms with Gasteiger partial charge in [-0.25, -0.2) is 12.8 Å². The summed E-state index contributed by atoms with van der Waals surface area (Å²) in [4.78, 5) is 1.79. The lowest BCUT2D eigenvalue weighted by atomic mass is 10.2. The maximum atomic E-state index is 13.3. The SMILES string of the molecule is Cc1cc(S(=O)(=O)Nc2ccc(N(C)c3ccccc3)nn2)ccc1F. The van der Waals surface area contributed by atoms with Crippen molar-refractivity contribution in [2.24, 2.45) is 0 Å².